The Bertz CT molecular complexity index is 591. The lowest BCUT2D eigenvalue weighted by atomic mass is 9.63. The highest BCUT2D eigenvalue weighted by Gasteiger charge is 2.41. The van der Waals surface area contributed by atoms with Crippen LogP contribution in [0.2, 0.25) is 0 Å². The molecule has 0 aromatic rings. The molecule has 2 amide bonds. The van der Waals surface area contributed by atoms with Gasteiger partial charge in [-0.25, -0.2) is 14.6 Å². The van der Waals surface area contributed by atoms with Gasteiger partial charge in [-0.3, -0.25) is 4.79 Å². The second-order valence-electron chi connectivity index (χ2n) is 10.2. The minimum atomic E-state index is -0.865. The number of amides is 2. The number of hydrogen-bond acceptors (Lipinski definition) is 4. The quantitative estimate of drug-likeness (QED) is 0.464. The number of nitrogens with zero attached hydrogens (tertiary/aromatic N) is 1. The fourth-order valence-corrected chi connectivity index (χ4v) is 4.35. The Morgan fingerprint density at radius 2 is 1.85 bits per heavy atom. The first-order valence-electron chi connectivity index (χ1n) is 9.57. The molecule has 3 unspecified atom stereocenters. The topological polar surface area (TPSA) is 108 Å². The molecule has 1 aliphatic rings. The monoisotopic (exact) mass is 381 g/mol. The fraction of sp³-hybridized carbons (Fsp3) is 0.850. The van der Waals surface area contributed by atoms with E-state index in [2.05, 4.69) is 36.4 Å². The van der Waals surface area contributed by atoms with E-state index in [1.54, 1.807) is 6.08 Å². The molecule has 27 heavy (non-hydrogen) atoms. The molecule has 1 aliphatic carbocycles. The standard InChI is InChI=1S/C20H35N3O4/c1-18(2,3)14(7-16(25)26)10-21-17(27)22-12-20(6)9-15(23-13-24)8-19(4,5)11-20/h14-15H,7-12H2,1-6H3,(H,25,26)(H2,21,22,27). The summed E-state index contributed by atoms with van der Waals surface area (Å²) in [5.74, 6) is -1.02. The molecule has 0 aromatic heterocycles. The van der Waals surface area contributed by atoms with Crippen LogP contribution in [0.15, 0.2) is 4.99 Å². The van der Waals surface area contributed by atoms with E-state index in [0.717, 1.165) is 19.3 Å². The third kappa shape index (κ3) is 8.12. The van der Waals surface area contributed by atoms with E-state index >= 15 is 0 Å². The van der Waals surface area contributed by atoms with E-state index in [1.165, 1.54) is 0 Å². The fourth-order valence-electron chi connectivity index (χ4n) is 4.35. The highest BCUT2D eigenvalue weighted by Crippen LogP contribution is 2.46. The second-order valence-corrected chi connectivity index (χ2v) is 10.2. The van der Waals surface area contributed by atoms with Crippen molar-refractivity contribution < 1.29 is 19.5 Å². The molecule has 7 heteroatoms. The van der Waals surface area contributed by atoms with Crippen molar-refractivity contribution in [2.75, 3.05) is 13.1 Å². The SMILES string of the molecule is CC1(C)CC(N=C=O)CC(C)(CNC(=O)NCC(CC(=O)O)C(C)(C)C)C1. The summed E-state index contributed by atoms with van der Waals surface area (Å²) < 4.78 is 0. The maximum atomic E-state index is 12.3. The molecular formula is C20H35N3O4. The molecule has 0 saturated heterocycles. The van der Waals surface area contributed by atoms with E-state index in [-0.39, 0.29) is 40.7 Å². The number of hydrogen-bond donors (Lipinski definition) is 3. The van der Waals surface area contributed by atoms with Gasteiger partial charge in [0, 0.05) is 13.1 Å². The smallest absolute Gasteiger partial charge is 0.314 e. The summed E-state index contributed by atoms with van der Waals surface area (Å²) in [6.45, 7) is 13.1. The molecule has 3 atom stereocenters. The van der Waals surface area contributed by atoms with Gasteiger partial charge in [-0.1, -0.05) is 41.5 Å². The van der Waals surface area contributed by atoms with Crippen LogP contribution < -0.4 is 10.6 Å². The summed E-state index contributed by atoms with van der Waals surface area (Å²) >= 11 is 0. The van der Waals surface area contributed by atoms with Crippen molar-refractivity contribution in [3.05, 3.63) is 0 Å². The predicted octanol–water partition coefficient (Wildman–Crippen LogP) is 3.34. The third-order valence-corrected chi connectivity index (χ3v) is 5.49. The van der Waals surface area contributed by atoms with Crippen molar-refractivity contribution in [3.8, 4) is 0 Å². The van der Waals surface area contributed by atoms with Gasteiger partial charge >= 0.3 is 12.0 Å². The van der Waals surface area contributed by atoms with Gasteiger partial charge in [0.25, 0.3) is 0 Å². The van der Waals surface area contributed by atoms with E-state index in [9.17, 15) is 14.4 Å². The first kappa shape index (κ1) is 23.2. The summed E-state index contributed by atoms with van der Waals surface area (Å²) in [6, 6.07) is -0.364. The zero-order chi connectivity index (χ0) is 20.9. The van der Waals surface area contributed by atoms with Gasteiger partial charge in [0.05, 0.1) is 12.5 Å². The number of urea groups is 1. The molecule has 0 spiro atoms. The predicted molar refractivity (Wildman–Crippen MR) is 104 cm³/mol. The summed E-state index contributed by atoms with van der Waals surface area (Å²) in [6.07, 6.45) is 4.18. The van der Waals surface area contributed by atoms with Gasteiger partial charge in [-0.15, -0.1) is 0 Å². The molecule has 7 nitrogen and oxygen atoms in total. The summed E-state index contributed by atoms with van der Waals surface area (Å²) in [5, 5.41) is 14.8. The number of carbonyl (C=O) groups excluding carboxylic acids is 2. The highest BCUT2D eigenvalue weighted by atomic mass is 16.4. The molecule has 1 fully saturated rings. The van der Waals surface area contributed by atoms with Crippen molar-refractivity contribution in [1.29, 1.82) is 0 Å². The molecule has 0 bridgehead atoms. The number of rotatable bonds is 7. The maximum Gasteiger partial charge on any atom is 0.314 e. The number of nitrogens with one attached hydrogen (secondary N) is 2. The van der Waals surface area contributed by atoms with Crippen LogP contribution in [0.1, 0.15) is 67.2 Å². The number of carboxylic acids is 1. The van der Waals surface area contributed by atoms with Gasteiger partial charge in [-0.05, 0) is 41.4 Å². The Morgan fingerprint density at radius 1 is 1.22 bits per heavy atom. The molecule has 0 heterocycles. The summed E-state index contributed by atoms with van der Waals surface area (Å²) in [5.41, 5.74) is -0.339. The molecule has 0 radical (unpaired) electrons. The van der Waals surface area contributed by atoms with Crippen LogP contribution in [0, 0.1) is 22.2 Å². The minimum Gasteiger partial charge on any atom is -0.481 e. The average molecular weight is 382 g/mol. The normalized spacial score (nSPS) is 25.8. The third-order valence-electron chi connectivity index (χ3n) is 5.49. The van der Waals surface area contributed by atoms with Crippen molar-refractivity contribution in [2.45, 2.75) is 73.3 Å². The number of aliphatic imine (C=N–C) groups is 1. The van der Waals surface area contributed by atoms with Gasteiger partial charge in [0.1, 0.15) is 0 Å². The lowest BCUT2D eigenvalue weighted by molar-refractivity contribution is -0.139. The lowest BCUT2D eigenvalue weighted by Gasteiger charge is -2.45. The Morgan fingerprint density at radius 3 is 2.37 bits per heavy atom. The van der Waals surface area contributed by atoms with Gasteiger partial charge in [0.2, 0.25) is 6.08 Å². The maximum absolute atomic E-state index is 12.3. The van der Waals surface area contributed by atoms with Gasteiger partial charge in [0.15, 0.2) is 0 Å². The Labute approximate surface area is 162 Å². The molecule has 3 N–H and O–H groups in total. The molecule has 154 valence electrons. The first-order valence-corrected chi connectivity index (χ1v) is 9.57. The van der Waals surface area contributed by atoms with Crippen molar-refractivity contribution >= 4 is 18.1 Å². The van der Waals surface area contributed by atoms with Crippen LogP contribution in [0.5, 0.6) is 0 Å². The molecule has 1 rings (SSSR count). The molecule has 0 aliphatic heterocycles. The van der Waals surface area contributed by atoms with Crippen LogP contribution in [0.25, 0.3) is 0 Å². The van der Waals surface area contributed by atoms with Crippen LogP contribution in [0.4, 0.5) is 4.79 Å². The molecule has 0 aromatic carbocycles. The Balaban J connectivity index is 2.61. The number of carboxylic acid groups (broad SMARTS) is 1. The molecule has 1 saturated carbocycles. The van der Waals surface area contributed by atoms with Crippen molar-refractivity contribution in [3.63, 3.8) is 0 Å². The van der Waals surface area contributed by atoms with E-state index in [4.69, 9.17) is 5.11 Å². The van der Waals surface area contributed by atoms with E-state index < -0.39 is 5.97 Å². The average Bonchev–Trinajstić information content (AvgIpc) is 2.46. The molecular weight excluding hydrogens is 346 g/mol. The lowest BCUT2D eigenvalue weighted by Crippen LogP contribution is -2.48. The Hall–Kier alpha value is -1.88. The van der Waals surface area contributed by atoms with E-state index in [1.807, 2.05) is 20.8 Å². The summed E-state index contributed by atoms with van der Waals surface area (Å²) in [7, 11) is 0. The summed E-state index contributed by atoms with van der Waals surface area (Å²) in [4.78, 5) is 37.9. The van der Waals surface area contributed by atoms with Crippen molar-refractivity contribution in [2.24, 2.45) is 27.2 Å². The van der Waals surface area contributed by atoms with Crippen LogP contribution >= 0.6 is 0 Å². The van der Waals surface area contributed by atoms with Gasteiger partial charge < -0.3 is 15.7 Å². The van der Waals surface area contributed by atoms with Crippen molar-refractivity contribution in [1.82, 2.24) is 10.6 Å². The second kappa shape index (κ2) is 8.87. The Kier molecular flexibility index (Phi) is 7.61. The van der Waals surface area contributed by atoms with Crippen LogP contribution in [-0.2, 0) is 9.59 Å². The van der Waals surface area contributed by atoms with Crippen LogP contribution in [0.3, 0.4) is 0 Å². The largest absolute Gasteiger partial charge is 0.481 e. The zero-order valence-electron chi connectivity index (χ0n) is 17.5. The van der Waals surface area contributed by atoms with Crippen LogP contribution in [-0.4, -0.2) is 42.3 Å². The minimum absolute atomic E-state index is 0.0149. The van der Waals surface area contributed by atoms with E-state index in [0.29, 0.717) is 13.1 Å². The first-order chi connectivity index (χ1) is 12.3. The number of carbonyl (C=O) groups is 2. The van der Waals surface area contributed by atoms with Gasteiger partial charge in [-0.2, -0.15) is 0 Å². The number of aliphatic carboxylic acids is 1. The highest BCUT2D eigenvalue weighted by molar-refractivity contribution is 5.74. The zero-order valence-corrected chi connectivity index (χ0v) is 17.5. The number of isocyanates is 1.